The minimum absolute atomic E-state index is 0.0222. The summed E-state index contributed by atoms with van der Waals surface area (Å²) in [6.45, 7) is 0.947. The van der Waals surface area contributed by atoms with Gasteiger partial charge in [-0.05, 0) is 31.9 Å². The molecule has 34 heavy (non-hydrogen) atoms. The third kappa shape index (κ3) is 3.69. The van der Waals surface area contributed by atoms with Crippen molar-refractivity contribution in [1.82, 2.24) is 30.0 Å². The van der Waals surface area contributed by atoms with Crippen molar-refractivity contribution in [3.05, 3.63) is 22.8 Å². The average Bonchev–Trinajstić information content (AvgIpc) is 3.43. The van der Waals surface area contributed by atoms with Crippen molar-refractivity contribution in [2.75, 3.05) is 11.1 Å². The number of carbonyl (C=O) groups excluding carboxylic acids is 2. The van der Waals surface area contributed by atoms with Crippen molar-refractivity contribution in [2.24, 2.45) is 0 Å². The van der Waals surface area contributed by atoms with Crippen molar-refractivity contribution in [2.45, 2.75) is 50.4 Å². The monoisotopic (exact) mass is 494 g/mol. The Morgan fingerprint density at radius 3 is 2.74 bits per heavy atom. The van der Waals surface area contributed by atoms with Crippen molar-refractivity contribution in [3.8, 4) is 11.5 Å². The number of pyridine rings is 1. The smallest absolute Gasteiger partial charge is 0.383 e. The van der Waals surface area contributed by atoms with Gasteiger partial charge in [-0.2, -0.15) is 18.3 Å². The minimum atomic E-state index is -4.40. The number of anilines is 2. The lowest BCUT2D eigenvalue weighted by Gasteiger charge is -2.21. The Balaban J connectivity index is 1.59. The number of amides is 2. The molecular weight excluding hydrogens is 477 g/mol. The molecule has 0 saturated heterocycles. The molecule has 10 nitrogen and oxygen atoms in total. The van der Waals surface area contributed by atoms with E-state index in [1.54, 1.807) is 0 Å². The van der Waals surface area contributed by atoms with Crippen molar-refractivity contribution in [1.29, 1.82) is 0 Å². The Hall–Kier alpha value is -3.48. The summed E-state index contributed by atoms with van der Waals surface area (Å²) in [6.07, 6.45) is -3.86. The highest BCUT2D eigenvalue weighted by Crippen LogP contribution is 2.42. The molecule has 178 valence electrons. The molecule has 4 N–H and O–H groups in total. The summed E-state index contributed by atoms with van der Waals surface area (Å²) in [5, 5.41) is 10.0. The molecule has 0 radical (unpaired) electrons. The van der Waals surface area contributed by atoms with Gasteiger partial charge in [-0.1, -0.05) is 11.6 Å². The average molecular weight is 495 g/mol. The van der Waals surface area contributed by atoms with Crippen LogP contribution in [0.25, 0.3) is 22.6 Å². The number of hydrogen-bond acceptors (Lipinski definition) is 7. The predicted molar refractivity (Wildman–Crippen MR) is 116 cm³/mol. The number of carbonyl (C=O) groups is 2. The molecule has 1 fully saturated rings. The summed E-state index contributed by atoms with van der Waals surface area (Å²) in [4.78, 5) is 38.3. The van der Waals surface area contributed by atoms with E-state index in [9.17, 15) is 22.8 Å². The van der Waals surface area contributed by atoms with Crippen molar-refractivity contribution in [3.63, 3.8) is 0 Å². The lowest BCUT2D eigenvalue weighted by atomic mass is 9.83. The number of alkyl halides is 3. The first-order valence-corrected chi connectivity index (χ1v) is 10.8. The third-order valence-corrected chi connectivity index (χ3v) is 6.08. The van der Waals surface area contributed by atoms with E-state index in [2.05, 4.69) is 30.7 Å². The summed E-state index contributed by atoms with van der Waals surface area (Å²) < 4.78 is 39.5. The predicted octanol–water partition coefficient (Wildman–Crippen LogP) is 2.56. The molecule has 1 aliphatic heterocycles. The van der Waals surface area contributed by atoms with Gasteiger partial charge >= 0.3 is 6.18 Å². The topological polar surface area (TPSA) is 141 Å². The highest BCUT2D eigenvalue weighted by Gasteiger charge is 2.53. The Bertz CT molecular complexity index is 1350. The summed E-state index contributed by atoms with van der Waals surface area (Å²) in [5.41, 5.74) is 4.93. The fourth-order valence-corrected chi connectivity index (χ4v) is 4.01. The molecule has 5 rings (SSSR count). The Labute approximate surface area is 195 Å². The molecule has 14 heteroatoms. The molecule has 4 heterocycles. The first-order chi connectivity index (χ1) is 16.0. The molecule has 3 aromatic heterocycles. The second-order valence-corrected chi connectivity index (χ2v) is 8.81. The van der Waals surface area contributed by atoms with Crippen molar-refractivity contribution < 1.29 is 22.8 Å². The van der Waals surface area contributed by atoms with Gasteiger partial charge in [0.05, 0.1) is 23.9 Å². The molecule has 0 aromatic carbocycles. The first kappa shape index (κ1) is 22.3. The molecule has 0 bridgehead atoms. The zero-order valence-electron chi connectivity index (χ0n) is 17.7. The van der Waals surface area contributed by atoms with Crippen LogP contribution in [-0.4, -0.2) is 48.8 Å². The number of halogens is 4. The first-order valence-electron chi connectivity index (χ1n) is 10.4. The highest BCUT2D eigenvalue weighted by atomic mass is 35.5. The summed E-state index contributed by atoms with van der Waals surface area (Å²) >= 11 is 5.94. The summed E-state index contributed by atoms with van der Waals surface area (Å²) in [6, 6.07) is 3.02. The second kappa shape index (κ2) is 7.52. The number of nitrogens with zero attached hydrogens (tertiary/aromatic N) is 5. The van der Waals surface area contributed by atoms with Crippen LogP contribution in [0, 0.1) is 0 Å². The maximum Gasteiger partial charge on any atom is 0.390 e. The lowest BCUT2D eigenvalue weighted by Crippen LogP contribution is -2.48. The van der Waals surface area contributed by atoms with Crippen LogP contribution >= 0.6 is 11.6 Å². The van der Waals surface area contributed by atoms with Gasteiger partial charge in [0.1, 0.15) is 22.5 Å². The normalized spacial score (nSPS) is 19.9. The third-order valence-electron chi connectivity index (χ3n) is 5.87. The van der Waals surface area contributed by atoms with E-state index in [1.807, 2.05) is 0 Å². The fraction of sp³-hybridized carbons (Fsp3) is 0.400. The maximum atomic E-state index is 12.8. The van der Waals surface area contributed by atoms with Crippen LogP contribution < -0.4 is 16.4 Å². The van der Waals surface area contributed by atoms with Gasteiger partial charge < -0.3 is 16.4 Å². The van der Waals surface area contributed by atoms with Gasteiger partial charge in [-0.3, -0.25) is 9.59 Å². The number of aryl methyl sites for hydroxylation is 1. The van der Waals surface area contributed by atoms with Gasteiger partial charge in [-0.15, -0.1) is 0 Å². The molecule has 0 spiro atoms. The van der Waals surface area contributed by atoms with Crippen LogP contribution in [0.5, 0.6) is 0 Å². The number of hydrogen-bond donors (Lipinski definition) is 3. The largest absolute Gasteiger partial charge is 0.390 e. The number of nitrogen functional groups attached to an aromatic ring is 1. The van der Waals surface area contributed by atoms with E-state index >= 15 is 0 Å². The number of nitrogens with two attached hydrogens (primary N) is 1. The standard InChI is InChI=1S/C20H18ClF3N8O2/c1-19(17(33)26-8-2-3-8)11-13(25)28-15(29-14(11)30-18(19)34)12-9-4-5-10(21)27-16(9)32(31-12)7-6-20(22,23)24/h4-5,8H,2-3,6-7H2,1H3,(H,26,33)(H3,25,28,29,30,34). The van der Waals surface area contributed by atoms with Crippen LogP contribution in [0.15, 0.2) is 12.1 Å². The number of fused-ring (bicyclic) bond motifs is 2. The van der Waals surface area contributed by atoms with Crippen LogP contribution in [0.2, 0.25) is 5.15 Å². The van der Waals surface area contributed by atoms with E-state index in [-0.39, 0.29) is 45.6 Å². The van der Waals surface area contributed by atoms with E-state index in [1.165, 1.54) is 19.1 Å². The van der Waals surface area contributed by atoms with Crippen LogP contribution in [0.1, 0.15) is 31.7 Å². The number of rotatable bonds is 5. The molecule has 1 aliphatic carbocycles. The molecule has 1 saturated carbocycles. The second-order valence-electron chi connectivity index (χ2n) is 8.42. The van der Waals surface area contributed by atoms with E-state index < -0.39 is 36.4 Å². The van der Waals surface area contributed by atoms with Gasteiger partial charge in [0, 0.05) is 6.04 Å². The van der Waals surface area contributed by atoms with Crippen LogP contribution in [0.3, 0.4) is 0 Å². The molecule has 1 unspecified atom stereocenters. The van der Waals surface area contributed by atoms with E-state index in [0.717, 1.165) is 17.5 Å². The van der Waals surface area contributed by atoms with Crippen molar-refractivity contribution >= 4 is 46.1 Å². The lowest BCUT2D eigenvalue weighted by molar-refractivity contribution is -0.137. The molecular formula is C20H18ClF3N8O2. The van der Waals surface area contributed by atoms with Gasteiger partial charge in [0.25, 0.3) is 0 Å². The Morgan fingerprint density at radius 1 is 1.32 bits per heavy atom. The molecule has 2 amide bonds. The summed E-state index contributed by atoms with van der Waals surface area (Å²) in [5.74, 6) is -1.22. The molecule has 1 atom stereocenters. The minimum Gasteiger partial charge on any atom is -0.383 e. The SMILES string of the molecule is CC1(C(=O)NC2CC2)C(=O)Nc2nc(-c3nn(CCC(F)(F)F)c4nc(Cl)ccc34)nc(N)c21. The Kier molecular flexibility index (Phi) is 4.93. The highest BCUT2D eigenvalue weighted by molar-refractivity contribution is 6.29. The van der Waals surface area contributed by atoms with E-state index in [4.69, 9.17) is 17.3 Å². The zero-order valence-corrected chi connectivity index (χ0v) is 18.5. The maximum absolute atomic E-state index is 12.8. The zero-order chi connectivity index (χ0) is 24.4. The van der Waals surface area contributed by atoms with Gasteiger partial charge in [-0.25, -0.2) is 19.6 Å². The van der Waals surface area contributed by atoms with Crippen LogP contribution in [0.4, 0.5) is 24.8 Å². The molecule has 3 aromatic rings. The van der Waals surface area contributed by atoms with E-state index in [0.29, 0.717) is 5.39 Å². The van der Waals surface area contributed by atoms with Gasteiger partial charge in [0.15, 0.2) is 16.9 Å². The van der Waals surface area contributed by atoms with Crippen LogP contribution in [-0.2, 0) is 21.5 Å². The molecule has 2 aliphatic rings. The number of aromatic nitrogens is 5. The fourth-order valence-electron chi connectivity index (χ4n) is 3.87. The summed E-state index contributed by atoms with van der Waals surface area (Å²) in [7, 11) is 0. The quantitative estimate of drug-likeness (QED) is 0.365. The number of nitrogens with one attached hydrogen (secondary N) is 2. The Morgan fingerprint density at radius 2 is 2.06 bits per heavy atom. The van der Waals surface area contributed by atoms with Gasteiger partial charge in [0.2, 0.25) is 11.8 Å².